The molecule has 2 aromatic heterocycles. The van der Waals surface area contributed by atoms with Gasteiger partial charge in [-0.3, -0.25) is 9.59 Å². The Morgan fingerprint density at radius 2 is 1.94 bits per heavy atom. The fraction of sp³-hybridized carbons (Fsp3) is 0.500. The van der Waals surface area contributed by atoms with E-state index in [1.165, 1.54) is 36.6 Å². The molecule has 2 amide bonds. The maximum Gasteiger partial charge on any atom is 0.227 e. The zero-order valence-corrected chi connectivity index (χ0v) is 22.0. The number of hydrogen-bond acceptors (Lipinski definition) is 7. The van der Waals surface area contributed by atoms with Gasteiger partial charge in [0.05, 0.1) is 24.0 Å². The Morgan fingerprint density at radius 1 is 1.14 bits per heavy atom. The summed E-state index contributed by atoms with van der Waals surface area (Å²) in [5, 5.41) is 9.25. The molecule has 1 atom stereocenters. The van der Waals surface area contributed by atoms with Gasteiger partial charge in [-0.1, -0.05) is 17.8 Å². The van der Waals surface area contributed by atoms with E-state index in [0.717, 1.165) is 46.3 Å². The minimum atomic E-state index is -0.357. The van der Waals surface area contributed by atoms with Crippen LogP contribution in [-0.2, 0) is 16.1 Å². The number of thioether (sulfide) groups is 1. The molecule has 190 valence electrons. The molecule has 3 aromatic rings. The molecule has 10 heteroatoms. The minimum Gasteiger partial charge on any atom is -0.356 e. The van der Waals surface area contributed by atoms with Crippen LogP contribution in [0.3, 0.4) is 0 Å². The first-order chi connectivity index (χ1) is 17.4. The first-order valence-corrected chi connectivity index (χ1v) is 13.8. The van der Waals surface area contributed by atoms with Crippen LogP contribution >= 0.6 is 11.8 Å². The fourth-order valence-electron chi connectivity index (χ4n) is 4.98. The highest BCUT2D eigenvalue weighted by molar-refractivity contribution is 7.98. The summed E-state index contributed by atoms with van der Waals surface area (Å²) in [7, 11) is 0. The van der Waals surface area contributed by atoms with Gasteiger partial charge >= 0.3 is 0 Å². The molecule has 2 aliphatic rings. The Kier molecular flexibility index (Phi) is 7.13. The van der Waals surface area contributed by atoms with Crippen molar-refractivity contribution >= 4 is 46.1 Å². The van der Waals surface area contributed by atoms with Crippen molar-refractivity contribution in [2.45, 2.75) is 51.2 Å². The number of fused-ring (bicyclic) bond motifs is 1. The minimum absolute atomic E-state index is 0.0111. The number of nitrogens with zero attached hydrogens (tertiary/aromatic N) is 6. The quantitative estimate of drug-likeness (QED) is 0.387. The van der Waals surface area contributed by atoms with Gasteiger partial charge in [0.15, 0.2) is 10.8 Å². The van der Waals surface area contributed by atoms with Gasteiger partial charge in [0.25, 0.3) is 0 Å². The summed E-state index contributed by atoms with van der Waals surface area (Å²) in [6.45, 7) is 7.41. The van der Waals surface area contributed by atoms with E-state index in [-0.39, 0.29) is 24.2 Å². The standard InChI is InChI=1S/C26H33N7O2S/c1-17-7-8-20(13-18(17)2)32-16-19(14-22(32)34)25(35)27-9-12-33-24-21(15-28-33)23(29-26(30-24)36-3)31-10-5-4-6-11-31/h7-8,13,15,19H,4-6,9-12,14,16H2,1-3H3,(H,27,35). The molecule has 1 N–H and O–H groups in total. The van der Waals surface area contributed by atoms with Crippen molar-refractivity contribution in [1.82, 2.24) is 25.1 Å². The van der Waals surface area contributed by atoms with Crippen molar-refractivity contribution in [3.63, 3.8) is 0 Å². The van der Waals surface area contributed by atoms with Gasteiger partial charge in [0.1, 0.15) is 5.82 Å². The van der Waals surface area contributed by atoms with E-state index in [4.69, 9.17) is 9.97 Å². The Hall–Kier alpha value is -3.14. The van der Waals surface area contributed by atoms with Crippen LogP contribution < -0.4 is 15.1 Å². The van der Waals surface area contributed by atoms with E-state index in [1.807, 2.05) is 49.2 Å². The van der Waals surface area contributed by atoms with E-state index in [0.29, 0.717) is 19.6 Å². The third-order valence-electron chi connectivity index (χ3n) is 7.21. The van der Waals surface area contributed by atoms with Gasteiger partial charge in [-0.05, 0) is 62.6 Å². The normalized spacial score (nSPS) is 18.3. The van der Waals surface area contributed by atoms with Crippen molar-refractivity contribution in [2.24, 2.45) is 5.92 Å². The molecule has 0 aliphatic carbocycles. The fourth-order valence-corrected chi connectivity index (χ4v) is 5.33. The largest absolute Gasteiger partial charge is 0.356 e. The average molecular weight is 508 g/mol. The lowest BCUT2D eigenvalue weighted by Crippen LogP contribution is -2.35. The highest BCUT2D eigenvalue weighted by Crippen LogP contribution is 2.29. The van der Waals surface area contributed by atoms with E-state index >= 15 is 0 Å². The van der Waals surface area contributed by atoms with Crippen LogP contribution in [0.1, 0.15) is 36.8 Å². The average Bonchev–Trinajstić information content (AvgIpc) is 3.49. The number of aryl methyl sites for hydroxylation is 2. The topological polar surface area (TPSA) is 96.2 Å². The molecular formula is C26H33N7O2S. The summed E-state index contributed by atoms with van der Waals surface area (Å²) in [6.07, 6.45) is 7.64. The highest BCUT2D eigenvalue weighted by atomic mass is 32.2. The Morgan fingerprint density at radius 3 is 2.69 bits per heavy atom. The molecule has 4 heterocycles. The molecule has 9 nitrogen and oxygen atoms in total. The molecule has 2 saturated heterocycles. The number of rotatable bonds is 7. The van der Waals surface area contributed by atoms with Crippen molar-refractivity contribution in [1.29, 1.82) is 0 Å². The van der Waals surface area contributed by atoms with Crippen LogP contribution in [0.2, 0.25) is 0 Å². The molecule has 1 unspecified atom stereocenters. The van der Waals surface area contributed by atoms with E-state index in [1.54, 1.807) is 4.90 Å². The summed E-state index contributed by atoms with van der Waals surface area (Å²) < 4.78 is 1.84. The van der Waals surface area contributed by atoms with Crippen molar-refractivity contribution in [2.75, 3.05) is 42.2 Å². The van der Waals surface area contributed by atoms with E-state index in [9.17, 15) is 9.59 Å². The van der Waals surface area contributed by atoms with Gasteiger partial charge in [-0.15, -0.1) is 0 Å². The molecule has 2 aliphatic heterocycles. The van der Waals surface area contributed by atoms with Crippen molar-refractivity contribution < 1.29 is 9.59 Å². The number of carbonyl (C=O) groups is 2. The zero-order chi connectivity index (χ0) is 25.2. The predicted octanol–water partition coefficient (Wildman–Crippen LogP) is 3.32. The number of benzene rings is 1. The number of hydrogen-bond donors (Lipinski definition) is 1. The number of amides is 2. The predicted molar refractivity (Wildman–Crippen MR) is 143 cm³/mol. The van der Waals surface area contributed by atoms with Crippen molar-refractivity contribution in [3.8, 4) is 0 Å². The Labute approximate surface area is 215 Å². The second kappa shape index (κ2) is 10.5. The van der Waals surface area contributed by atoms with Gasteiger partial charge in [0.2, 0.25) is 11.8 Å². The van der Waals surface area contributed by atoms with Gasteiger partial charge in [0, 0.05) is 38.3 Å². The summed E-state index contributed by atoms with van der Waals surface area (Å²) in [5.74, 6) is 0.488. The summed E-state index contributed by atoms with van der Waals surface area (Å²) >= 11 is 1.52. The third-order valence-corrected chi connectivity index (χ3v) is 7.76. The number of piperidine rings is 1. The lowest BCUT2D eigenvalue weighted by atomic mass is 10.1. The zero-order valence-electron chi connectivity index (χ0n) is 21.2. The first kappa shape index (κ1) is 24.5. The molecule has 2 fully saturated rings. The van der Waals surface area contributed by atoms with Crippen LogP contribution in [0.4, 0.5) is 11.5 Å². The van der Waals surface area contributed by atoms with Gasteiger partial charge in [-0.2, -0.15) is 5.10 Å². The summed E-state index contributed by atoms with van der Waals surface area (Å²) in [6, 6.07) is 5.98. The van der Waals surface area contributed by atoms with Crippen LogP contribution in [0.15, 0.2) is 29.6 Å². The second-order valence-corrected chi connectivity index (χ2v) is 10.4. The molecule has 1 aromatic carbocycles. The highest BCUT2D eigenvalue weighted by Gasteiger charge is 2.35. The molecule has 0 saturated carbocycles. The number of nitrogens with one attached hydrogen (secondary N) is 1. The number of carbonyl (C=O) groups excluding carboxylic acids is 2. The monoisotopic (exact) mass is 507 g/mol. The molecule has 0 bridgehead atoms. The first-order valence-electron chi connectivity index (χ1n) is 12.6. The summed E-state index contributed by atoms with van der Waals surface area (Å²) in [4.78, 5) is 39.1. The molecule has 0 spiro atoms. The second-order valence-electron chi connectivity index (χ2n) is 9.65. The van der Waals surface area contributed by atoms with Crippen LogP contribution in [-0.4, -0.2) is 64.0 Å². The number of anilines is 2. The Bertz CT molecular complexity index is 1280. The maximum atomic E-state index is 12.9. The van der Waals surface area contributed by atoms with Crippen molar-refractivity contribution in [3.05, 3.63) is 35.5 Å². The van der Waals surface area contributed by atoms with Crippen LogP contribution in [0.5, 0.6) is 0 Å². The lowest BCUT2D eigenvalue weighted by molar-refractivity contribution is -0.126. The third kappa shape index (κ3) is 4.91. The number of aromatic nitrogens is 4. The molecular weight excluding hydrogens is 474 g/mol. The van der Waals surface area contributed by atoms with Gasteiger partial charge in [-0.25, -0.2) is 14.6 Å². The lowest BCUT2D eigenvalue weighted by Gasteiger charge is -2.28. The SMILES string of the molecule is CSc1nc(N2CCCCC2)c2cnn(CCNC(=O)C3CC(=O)N(c4ccc(C)c(C)c4)C3)c2n1. The molecule has 0 radical (unpaired) electrons. The molecule has 5 rings (SSSR count). The van der Waals surface area contributed by atoms with Crippen LogP contribution in [0, 0.1) is 19.8 Å². The van der Waals surface area contributed by atoms with Crippen LogP contribution in [0.25, 0.3) is 11.0 Å². The van der Waals surface area contributed by atoms with E-state index < -0.39 is 0 Å². The smallest absolute Gasteiger partial charge is 0.227 e. The van der Waals surface area contributed by atoms with Gasteiger partial charge < -0.3 is 15.1 Å². The maximum absolute atomic E-state index is 12.9. The Balaban J connectivity index is 1.23. The van der Waals surface area contributed by atoms with E-state index in [2.05, 4.69) is 15.3 Å². The molecule has 36 heavy (non-hydrogen) atoms. The summed E-state index contributed by atoms with van der Waals surface area (Å²) in [5.41, 5.74) is 3.97.